The van der Waals surface area contributed by atoms with Crippen LogP contribution >= 0.6 is 0 Å². The maximum Gasteiger partial charge on any atom is 0.310 e. The van der Waals surface area contributed by atoms with Crippen LogP contribution in [-0.2, 0) is 9.53 Å². The Bertz CT molecular complexity index is 207. The van der Waals surface area contributed by atoms with Gasteiger partial charge in [0.2, 0.25) is 0 Å². The van der Waals surface area contributed by atoms with Crippen LogP contribution in [0.3, 0.4) is 0 Å². The Morgan fingerprint density at radius 1 is 1.33 bits per heavy atom. The van der Waals surface area contributed by atoms with Crippen LogP contribution in [0.4, 0.5) is 0 Å². The lowest BCUT2D eigenvalue weighted by Crippen LogP contribution is -2.02. The highest BCUT2D eigenvalue weighted by Gasteiger charge is 2.03. The number of hydrogen-bond donors (Lipinski definition) is 0. The molecule has 0 spiro atoms. The average Bonchev–Trinajstić information content (AvgIpc) is 2.17. The normalized spacial score (nSPS) is 13.7. The van der Waals surface area contributed by atoms with Crippen molar-refractivity contribution in [1.29, 1.82) is 0 Å². The first-order valence-corrected chi connectivity index (χ1v) is 5.99. The molecule has 0 heterocycles. The number of unbranched alkanes of at least 4 members (excludes halogenated alkanes) is 2. The SMILES string of the molecule is CCCCCC(C)C=C(C)OC(=O)CC. The van der Waals surface area contributed by atoms with Crippen molar-refractivity contribution in [2.45, 2.75) is 59.8 Å². The van der Waals surface area contributed by atoms with Crippen molar-refractivity contribution in [2.75, 3.05) is 0 Å². The largest absolute Gasteiger partial charge is 0.432 e. The Labute approximate surface area is 93.7 Å². The standard InChI is InChI=1S/C13H24O2/c1-5-7-8-9-11(3)10-12(4)15-13(14)6-2/h10-11H,5-9H2,1-4H3. The van der Waals surface area contributed by atoms with Crippen molar-refractivity contribution in [3.63, 3.8) is 0 Å². The van der Waals surface area contributed by atoms with E-state index in [4.69, 9.17) is 4.74 Å². The van der Waals surface area contributed by atoms with Gasteiger partial charge in [-0.15, -0.1) is 0 Å². The number of rotatable bonds is 7. The van der Waals surface area contributed by atoms with Gasteiger partial charge >= 0.3 is 5.97 Å². The van der Waals surface area contributed by atoms with Crippen LogP contribution in [0.25, 0.3) is 0 Å². The minimum absolute atomic E-state index is 0.149. The number of carbonyl (C=O) groups is 1. The smallest absolute Gasteiger partial charge is 0.310 e. The van der Waals surface area contributed by atoms with E-state index in [-0.39, 0.29) is 5.97 Å². The second-order valence-corrected chi connectivity index (χ2v) is 4.08. The van der Waals surface area contributed by atoms with E-state index in [0.717, 1.165) is 5.76 Å². The summed E-state index contributed by atoms with van der Waals surface area (Å²) in [6.07, 6.45) is 7.45. The Hall–Kier alpha value is -0.790. The summed E-state index contributed by atoms with van der Waals surface area (Å²) in [5.41, 5.74) is 0. The highest BCUT2D eigenvalue weighted by Crippen LogP contribution is 2.13. The molecule has 0 saturated heterocycles. The molecule has 0 radical (unpaired) electrons. The van der Waals surface area contributed by atoms with Crippen LogP contribution in [0, 0.1) is 5.92 Å². The van der Waals surface area contributed by atoms with E-state index in [1.807, 2.05) is 13.0 Å². The van der Waals surface area contributed by atoms with Gasteiger partial charge in [-0.2, -0.15) is 0 Å². The predicted molar refractivity (Wildman–Crippen MR) is 63.4 cm³/mol. The van der Waals surface area contributed by atoms with E-state index >= 15 is 0 Å². The molecule has 0 saturated carbocycles. The number of esters is 1. The molecule has 0 bridgehead atoms. The average molecular weight is 212 g/mol. The molecule has 1 unspecified atom stereocenters. The van der Waals surface area contributed by atoms with Gasteiger partial charge in [0.05, 0.1) is 0 Å². The van der Waals surface area contributed by atoms with Crippen molar-refractivity contribution in [3.8, 4) is 0 Å². The van der Waals surface area contributed by atoms with Crippen molar-refractivity contribution in [3.05, 3.63) is 11.8 Å². The van der Waals surface area contributed by atoms with Crippen LogP contribution in [0.15, 0.2) is 11.8 Å². The Kier molecular flexibility index (Phi) is 8.06. The summed E-state index contributed by atoms with van der Waals surface area (Å²) in [6, 6.07) is 0. The van der Waals surface area contributed by atoms with Gasteiger partial charge in [-0.05, 0) is 25.3 Å². The van der Waals surface area contributed by atoms with Crippen molar-refractivity contribution < 1.29 is 9.53 Å². The summed E-state index contributed by atoms with van der Waals surface area (Å²) in [6.45, 7) is 8.03. The molecule has 0 aromatic carbocycles. The zero-order chi connectivity index (χ0) is 11.7. The van der Waals surface area contributed by atoms with E-state index in [9.17, 15) is 4.79 Å². The fraction of sp³-hybridized carbons (Fsp3) is 0.769. The molecule has 0 fully saturated rings. The van der Waals surface area contributed by atoms with Gasteiger partial charge < -0.3 is 4.74 Å². The predicted octanol–water partition coefficient (Wildman–Crippen LogP) is 4.06. The molecule has 0 rings (SSSR count). The molecular formula is C13H24O2. The zero-order valence-corrected chi connectivity index (χ0v) is 10.5. The van der Waals surface area contributed by atoms with E-state index < -0.39 is 0 Å². The lowest BCUT2D eigenvalue weighted by Gasteiger charge is -2.08. The number of allylic oxidation sites excluding steroid dienone is 2. The molecular weight excluding hydrogens is 188 g/mol. The second-order valence-electron chi connectivity index (χ2n) is 4.08. The van der Waals surface area contributed by atoms with Gasteiger partial charge in [0.1, 0.15) is 5.76 Å². The second kappa shape index (κ2) is 8.51. The number of ether oxygens (including phenoxy) is 1. The third-order valence-electron chi connectivity index (χ3n) is 2.35. The zero-order valence-electron chi connectivity index (χ0n) is 10.5. The maximum absolute atomic E-state index is 11.0. The summed E-state index contributed by atoms with van der Waals surface area (Å²) in [5.74, 6) is 1.09. The third-order valence-corrected chi connectivity index (χ3v) is 2.35. The minimum atomic E-state index is -0.149. The van der Waals surface area contributed by atoms with Gasteiger partial charge in [-0.25, -0.2) is 0 Å². The Balaban J connectivity index is 3.83. The molecule has 0 aromatic heterocycles. The molecule has 0 aliphatic heterocycles. The lowest BCUT2D eigenvalue weighted by molar-refractivity contribution is -0.139. The minimum Gasteiger partial charge on any atom is -0.432 e. The molecule has 0 aromatic rings. The highest BCUT2D eigenvalue weighted by atomic mass is 16.5. The first-order chi connectivity index (χ1) is 7.10. The molecule has 0 amide bonds. The first-order valence-electron chi connectivity index (χ1n) is 5.99. The summed E-state index contributed by atoms with van der Waals surface area (Å²) >= 11 is 0. The maximum atomic E-state index is 11.0. The van der Waals surface area contributed by atoms with E-state index in [1.54, 1.807) is 6.92 Å². The Morgan fingerprint density at radius 3 is 2.53 bits per heavy atom. The summed E-state index contributed by atoms with van der Waals surface area (Å²) in [7, 11) is 0. The van der Waals surface area contributed by atoms with Gasteiger partial charge in [0.15, 0.2) is 0 Å². The molecule has 0 N–H and O–H groups in total. The van der Waals surface area contributed by atoms with Gasteiger partial charge in [0, 0.05) is 6.42 Å². The van der Waals surface area contributed by atoms with Crippen LogP contribution < -0.4 is 0 Å². The van der Waals surface area contributed by atoms with E-state index in [0.29, 0.717) is 12.3 Å². The molecule has 0 aliphatic rings. The molecule has 0 aliphatic carbocycles. The van der Waals surface area contributed by atoms with E-state index in [2.05, 4.69) is 13.8 Å². The first kappa shape index (κ1) is 14.2. The summed E-state index contributed by atoms with van der Waals surface area (Å²) < 4.78 is 5.10. The third kappa shape index (κ3) is 8.22. The molecule has 2 nitrogen and oxygen atoms in total. The monoisotopic (exact) mass is 212 g/mol. The van der Waals surface area contributed by atoms with Crippen LogP contribution in [0.1, 0.15) is 59.8 Å². The molecule has 2 heteroatoms. The fourth-order valence-corrected chi connectivity index (χ4v) is 1.49. The highest BCUT2D eigenvalue weighted by molar-refractivity contribution is 5.70. The van der Waals surface area contributed by atoms with Gasteiger partial charge in [0.25, 0.3) is 0 Å². The number of carbonyl (C=O) groups excluding carboxylic acids is 1. The topological polar surface area (TPSA) is 26.3 Å². The van der Waals surface area contributed by atoms with Crippen molar-refractivity contribution >= 4 is 5.97 Å². The quantitative estimate of drug-likeness (QED) is 0.361. The van der Waals surface area contributed by atoms with Crippen molar-refractivity contribution in [2.24, 2.45) is 5.92 Å². The number of hydrogen-bond acceptors (Lipinski definition) is 2. The molecule has 15 heavy (non-hydrogen) atoms. The fourth-order valence-electron chi connectivity index (χ4n) is 1.49. The van der Waals surface area contributed by atoms with Crippen LogP contribution in [0.2, 0.25) is 0 Å². The Morgan fingerprint density at radius 2 is 2.00 bits per heavy atom. The summed E-state index contributed by atoms with van der Waals surface area (Å²) in [4.78, 5) is 11.0. The van der Waals surface area contributed by atoms with Crippen LogP contribution in [-0.4, -0.2) is 5.97 Å². The molecule has 88 valence electrons. The van der Waals surface area contributed by atoms with Crippen LogP contribution in [0.5, 0.6) is 0 Å². The van der Waals surface area contributed by atoms with Gasteiger partial charge in [-0.3, -0.25) is 4.79 Å². The van der Waals surface area contributed by atoms with Gasteiger partial charge in [-0.1, -0.05) is 40.0 Å². The lowest BCUT2D eigenvalue weighted by atomic mass is 10.0. The van der Waals surface area contributed by atoms with E-state index in [1.165, 1.54) is 25.7 Å². The summed E-state index contributed by atoms with van der Waals surface area (Å²) in [5, 5.41) is 0. The molecule has 1 atom stereocenters. The van der Waals surface area contributed by atoms with Crippen molar-refractivity contribution in [1.82, 2.24) is 0 Å².